The van der Waals surface area contributed by atoms with Gasteiger partial charge in [0.2, 0.25) is 4.73 Å². The van der Waals surface area contributed by atoms with Crippen molar-refractivity contribution >= 4 is 33.1 Å². The predicted molar refractivity (Wildman–Crippen MR) is 77.8 cm³/mol. The molecule has 0 atom stereocenters. The lowest BCUT2D eigenvalue weighted by atomic mass is 10.00. The van der Waals surface area contributed by atoms with Gasteiger partial charge in [0.1, 0.15) is 5.01 Å². The summed E-state index contributed by atoms with van der Waals surface area (Å²) in [5, 5.41) is 0.836. The van der Waals surface area contributed by atoms with E-state index in [0.717, 1.165) is 22.6 Å². The number of aromatic nitrogens is 2. The van der Waals surface area contributed by atoms with Crippen LogP contribution < -0.4 is 0 Å². The molecule has 92 valence electrons. The monoisotopic (exact) mass is 321 g/mol. The summed E-state index contributed by atoms with van der Waals surface area (Å²) in [6.45, 7) is 11.6. The van der Waals surface area contributed by atoms with Gasteiger partial charge in [0.15, 0.2) is 5.69 Å². The van der Waals surface area contributed by atoms with Crippen LogP contribution in [-0.4, -0.2) is 9.36 Å². The van der Waals surface area contributed by atoms with E-state index in [4.69, 9.17) is 6.57 Å². The van der Waals surface area contributed by atoms with Crippen molar-refractivity contribution < 1.29 is 0 Å². The molecular weight excluding hydrogens is 310 g/mol. The molecule has 18 heavy (non-hydrogen) atoms. The molecule has 1 heterocycles. The molecule has 3 nitrogen and oxygen atoms in total. The fourth-order valence-corrected chi connectivity index (χ4v) is 2.81. The van der Waals surface area contributed by atoms with Gasteiger partial charge in [-0.2, -0.15) is 4.37 Å². The Balaban J connectivity index is 2.39. The first kappa shape index (κ1) is 13.2. The van der Waals surface area contributed by atoms with Gasteiger partial charge >= 0.3 is 0 Å². The number of halogens is 1. The van der Waals surface area contributed by atoms with Gasteiger partial charge in [-0.3, -0.25) is 0 Å². The lowest BCUT2D eigenvalue weighted by Gasteiger charge is -2.08. The summed E-state index contributed by atoms with van der Waals surface area (Å²) in [5.74, 6) is 0.548. The Morgan fingerprint density at radius 1 is 1.44 bits per heavy atom. The Morgan fingerprint density at radius 2 is 2.22 bits per heavy atom. The largest absolute Gasteiger partial charge is 0.238 e. The summed E-state index contributed by atoms with van der Waals surface area (Å²) in [6, 6.07) is 5.94. The van der Waals surface area contributed by atoms with Crippen LogP contribution in [0.2, 0.25) is 0 Å². The maximum Gasteiger partial charge on any atom is 0.209 e. The van der Waals surface area contributed by atoms with Gasteiger partial charge in [0, 0.05) is 5.56 Å². The highest BCUT2D eigenvalue weighted by Gasteiger charge is 2.09. The van der Waals surface area contributed by atoms with Crippen LogP contribution >= 0.6 is 27.5 Å². The molecule has 2 rings (SSSR count). The zero-order chi connectivity index (χ0) is 13.1. The summed E-state index contributed by atoms with van der Waals surface area (Å²) in [6.07, 6.45) is 0.928. The van der Waals surface area contributed by atoms with E-state index in [0.29, 0.717) is 16.3 Å². The van der Waals surface area contributed by atoms with Gasteiger partial charge in [-0.1, -0.05) is 26.0 Å². The molecule has 0 radical (unpaired) electrons. The molecule has 0 spiro atoms. The average molecular weight is 322 g/mol. The number of nitrogens with zero attached hydrogens (tertiary/aromatic N) is 3. The molecule has 5 heteroatoms. The minimum atomic E-state index is 0.548. The lowest BCUT2D eigenvalue weighted by molar-refractivity contribution is 0.649. The Hall–Kier alpha value is -1.25. The summed E-state index contributed by atoms with van der Waals surface area (Å²) >= 11 is 4.57. The van der Waals surface area contributed by atoms with Crippen molar-refractivity contribution in [3.8, 4) is 10.6 Å². The van der Waals surface area contributed by atoms with Crippen molar-refractivity contribution in [1.29, 1.82) is 0 Å². The standard InChI is InChI=1S/C13H12BrN3S/c1-8(2)6-9-4-5-10(7-11(9)15-3)12-16-13(14)17-18-12/h4-5,7-8H,6H2,1-2H3. The van der Waals surface area contributed by atoms with Gasteiger partial charge in [-0.05, 0) is 51.4 Å². The molecule has 0 N–H and O–H groups in total. The molecule has 1 aromatic carbocycles. The van der Waals surface area contributed by atoms with E-state index in [-0.39, 0.29) is 0 Å². The zero-order valence-electron chi connectivity index (χ0n) is 10.1. The molecule has 0 amide bonds. The first-order valence-electron chi connectivity index (χ1n) is 5.60. The summed E-state index contributed by atoms with van der Waals surface area (Å²) in [5.41, 5.74) is 2.77. The summed E-state index contributed by atoms with van der Waals surface area (Å²) < 4.78 is 4.68. The highest BCUT2D eigenvalue weighted by atomic mass is 79.9. The first-order valence-corrected chi connectivity index (χ1v) is 7.16. The Labute approximate surface area is 119 Å². The minimum absolute atomic E-state index is 0.548. The molecule has 0 unspecified atom stereocenters. The third-order valence-electron chi connectivity index (χ3n) is 2.48. The van der Waals surface area contributed by atoms with Gasteiger partial charge in [0.25, 0.3) is 0 Å². The van der Waals surface area contributed by atoms with Crippen LogP contribution in [0.1, 0.15) is 19.4 Å². The number of rotatable bonds is 3. The maximum absolute atomic E-state index is 7.28. The van der Waals surface area contributed by atoms with Crippen molar-refractivity contribution in [2.75, 3.05) is 0 Å². The predicted octanol–water partition coefficient (Wildman–Crippen LogP) is 4.72. The van der Waals surface area contributed by atoms with E-state index in [1.54, 1.807) is 0 Å². The lowest BCUT2D eigenvalue weighted by Crippen LogP contribution is -1.94. The second kappa shape index (κ2) is 5.59. The fourth-order valence-electron chi connectivity index (χ4n) is 1.74. The van der Waals surface area contributed by atoms with Crippen molar-refractivity contribution in [3.63, 3.8) is 0 Å². The molecule has 0 bridgehead atoms. The Bertz CT molecular complexity index is 599. The van der Waals surface area contributed by atoms with Crippen LogP contribution in [-0.2, 0) is 6.42 Å². The van der Waals surface area contributed by atoms with Gasteiger partial charge < -0.3 is 0 Å². The Kier molecular flexibility index (Phi) is 4.10. The zero-order valence-corrected chi connectivity index (χ0v) is 12.5. The highest BCUT2D eigenvalue weighted by Crippen LogP contribution is 2.30. The number of hydrogen-bond acceptors (Lipinski definition) is 3. The van der Waals surface area contributed by atoms with E-state index >= 15 is 0 Å². The van der Waals surface area contributed by atoms with Crippen molar-refractivity contribution in [3.05, 3.63) is 39.9 Å². The fraction of sp³-hybridized carbons (Fsp3) is 0.308. The Morgan fingerprint density at radius 3 is 2.78 bits per heavy atom. The van der Waals surface area contributed by atoms with Gasteiger partial charge in [-0.25, -0.2) is 9.83 Å². The van der Waals surface area contributed by atoms with E-state index < -0.39 is 0 Å². The van der Waals surface area contributed by atoms with Crippen LogP contribution in [0.25, 0.3) is 15.4 Å². The second-order valence-electron chi connectivity index (χ2n) is 4.42. The third-order valence-corrected chi connectivity index (χ3v) is 3.84. The van der Waals surface area contributed by atoms with Gasteiger partial charge in [0.05, 0.1) is 6.57 Å². The van der Waals surface area contributed by atoms with Crippen molar-refractivity contribution in [2.24, 2.45) is 5.92 Å². The molecule has 0 saturated heterocycles. The molecule has 0 aliphatic heterocycles. The van der Waals surface area contributed by atoms with Crippen LogP contribution in [0.5, 0.6) is 0 Å². The molecular formula is C13H12BrN3S. The normalized spacial score (nSPS) is 10.6. The van der Waals surface area contributed by atoms with Crippen LogP contribution in [0.4, 0.5) is 5.69 Å². The number of hydrogen-bond donors (Lipinski definition) is 0. The number of benzene rings is 1. The highest BCUT2D eigenvalue weighted by molar-refractivity contribution is 9.10. The molecule has 0 fully saturated rings. The molecule has 2 aromatic rings. The molecule has 0 aliphatic carbocycles. The molecule has 0 saturated carbocycles. The summed E-state index contributed by atoms with van der Waals surface area (Å²) in [7, 11) is 0. The molecule has 0 aliphatic rings. The second-order valence-corrected chi connectivity index (χ2v) is 5.88. The third kappa shape index (κ3) is 2.95. The van der Waals surface area contributed by atoms with Crippen molar-refractivity contribution in [2.45, 2.75) is 20.3 Å². The van der Waals surface area contributed by atoms with Crippen molar-refractivity contribution in [1.82, 2.24) is 9.36 Å². The van der Waals surface area contributed by atoms with E-state index in [9.17, 15) is 0 Å². The van der Waals surface area contributed by atoms with Crippen LogP contribution in [0, 0.1) is 12.5 Å². The average Bonchev–Trinajstić information content (AvgIpc) is 2.75. The van der Waals surface area contributed by atoms with E-state index in [2.05, 4.69) is 44.0 Å². The topological polar surface area (TPSA) is 30.1 Å². The van der Waals surface area contributed by atoms with E-state index in [1.807, 2.05) is 18.2 Å². The van der Waals surface area contributed by atoms with Crippen LogP contribution in [0.3, 0.4) is 0 Å². The van der Waals surface area contributed by atoms with Gasteiger partial charge in [-0.15, -0.1) is 0 Å². The van der Waals surface area contributed by atoms with E-state index in [1.165, 1.54) is 11.5 Å². The quantitative estimate of drug-likeness (QED) is 0.766. The summed E-state index contributed by atoms with van der Waals surface area (Å²) in [4.78, 5) is 7.88. The minimum Gasteiger partial charge on any atom is -0.238 e. The first-order chi connectivity index (χ1) is 8.60. The smallest absolute Gasteiger partial charge is 0.209 e. The SMILES string of the molecule is [C-]#[N+]c1cc(-c2nc(Br)ns2)ccc1CC(C)C. The molecule has 1 aromatic heterocycles. The maximum atomic E-state index is 7.28. The van der Waals surface area contributed by atoms with Crippen LogP contribution in [0.15, 0.2) is 22.9 Å².